The summed E-state index contributed by atoms with van der Waals surface area (Å²) in [5.41, 5.74) is 1.39. The predicted octanol–water partition coefficient (Wildman–Crippen LogP) is 3.43. The van der Waals surface area contributed by atoms with Gasteiger partial charge in [0.05, 0.1) is 4.90 Å². The van der Waals surface area contributed by atoms with Crippen LogP contribution in [-0.2, 0) is 16.6 Å². The van der Waals surface area contributed by atoms with E-state index in [0.29, 0.717) is 11.5 Å². The summed E-state index contributed by atoms with van der Waals surface area (Å²) in [6.45, 7) is 4.01. The highest BCUT2D eigenvalue weighted by atomic mass is 32.2. The van der Waals surface area contributed by atoms with E-state index in [4.69, 9.17) is 0 Å². The third kappa shape index (κ3) is 3.89. The zero-order valence-electron chi connectivity index (χ0n) is 12.0. The standard InChI is InChI=1S/C16H18FNO2S/c1-12(2)13-7-9-15(10-8-13)21(19,20)18-11-14-5-3-4-6-16(14)17/h3-10,12,18H,11H2,1-2H3. The molecule has 0 aliphatic carbocycles. The van der Waals surface area contributed by atoms with Crippen molar-refractivity contribution in [3.8, 4) is 0 Å². The number of hydrogen-bond acceptors (Lipinski definition) is 2. The maximum absolute atomic E-state index is 13.5. The third-order valence-electron chi connectivity index (χ3n) is 3.27. The molecule has 0 atom stereocenters. The molecular weight excluding hydrogens is 289 g/mol. The Morgan fingerprint density at radius 1 is 1.05 bits per heavy atom. The Morgan fingerprint density at radius 2 is 1.67 bits per heavy atom. The summed E-state index contributed by atoms with van der Waals surface area (Å²) < 4.78 is 40.2. The van der Waals surface area contributed by atoms with Crippen LogP contribution in [0.25, 0.3) is 0 Å². The number of sulfonamides is 1. The van der Waals surface area contributed by atoms with Gasteiger partial charge in [-0.25, -0.2) is 17.5 Å². The molecule has 0 saturated heterocycles. The Morgan fingerprint density at radius 3 is 2.24 bits per heavy atom. The average molecular weight is 307 g/mol. The molecule has 0 heterocycles. The molecule has 0 spiro atoms. The third-order valence-corrected chi connectivity index (χ3v) is 4.68. The number of halogens is 1. The van der Waals surface area contributed by atoms with E-state index in [-0.39, 0.29) is 11.4 Å². The maximum Gasteiger partial charge on any atom is 0.240 e. The lowest BCUT2D eigenvalue weighted by Crippen LogP contribution is -2.23. The highest BCUT2D eigenvalue weighted by molar-refractivity contribution is 7.89. The number of rotatable bonds is 5. The summed E-state index contributed by atoms with van der Waals surface area (Å²) >= 11 is 0. The van der Waals surface area contributed by atoms with Gasteiger partial charge in [-0.1, -0.05) is 44.2 Å². The summed E-state index contributed by atoms with van der Waals surface area (Å²) in [5.74, 6) is -0.0801. The van der Waals surface area contributed by atoms with Gasteiger partial charge in [0.25, 0.3) is 0 Å². The van der Waals surface area contributed by atoms with Gasteiger partial charge >= 0.3 is 0 Å². The SMILES string of the molecule is CC(C)c1ccc(S(=O)(=O)NCc2ccccc2F)cc1. The Labute approximate surface area is 124 Å². The minimum atomic E-state index is -3.63. The van der Waals surface area contributed by atoms with Crippen molar-refractivity contribution in [2.45, 2.75) is 31.2 Å². The van der Waals surface area contributed by atoms with Gasteiger partial charge in [-0.05, 0) is 29.7 Å². The lowest BCUT2D eigenvalue weighted by Gasteiger charge is -2.09. The highest BCUT2D eigenvalue weighted by Gasteiger charge is 2.14. The Kier molecular flexibility index (Phi) is 4.75. The molecule has 5 heteroatoms. The van der Waals surface area contributed by atoms with E-state index < -0.39 is 15.8 Å². The monoisotopic (exact) mass is 307 g/mol. The van der Waals surface area contributed by atoms with Crippen LogP contribution in [-0.4, -0.2) is 8.42 Å². The molecule has 0 bridgehead atoms. The summed E-state index contributed by atoms with van der Waals surface area (Å²) in [5, 5.41) is 0. The molecule has 0 unspecified atom stereocenters. The van der Waals surface area contributed by atoms with Crippen molar-refractivity contribution < 1.29 is 12.8 Å². The first-order chi connectivity index (χ1) is 9.90. The second-order valence-corrected chi connectivity index (χ2v) is 6.91. The second kappa shape index (κ2) is 6.37. The smallest absolute Gasteiger partial charge is 0.207 e. The Balaban J connectivity index is 2.13. The summed E-state index contributed by atoms with van der Waals surface area (Å²) in [6.07, 6.45) is 0. The molecule has 2 rings (SSSR count). The molecule has 3 nitrogen and oxygen atoms in total. The van der Waals surface area contributed by atoms with Crippen LogP contribution in [0.4, 0.5) is 4.39 Å². The minimum absolute atomic E-state index is 0.0685. The summed E-state index contributed by atoms with van der Waals surface area (Å²) in [4.78, 5) is 0.184. The molecule has 21 heavy (non-hydrogen) atoms. The highest BCUT2D eigenvalue weighted by Crippen LogP contribution is 2.17. The molecule has 1 N–H and O–H groups in total. The first-order valence-electron chi connectivity index (χ1n) is 6.73. The van der Waals surface area contributed by atoms with Gasteiger partial charge in [0.15, 0.2) is 0 Å². The fourth-order valence-corrected chi connectivity index (χ4v) is 2.94. The summed E-state index contributed by atoms with van der Waals surface area (Å²) in [6, 6.07) is 12.8. The van der Waals surface area contributed by atoms with Crippen LogP contribution >= 0.6 is 0 Å². The van der Waals surface area contributed by atoms with Crippen LogP contribution in [0.3, 0.4) is 0 Å². The largest absolute Gasteiger partial charge is 0.240 e. The Hall–Kier alpha value is -1.72. The van der Waals surface area contributed by atoms with Crippen LogP contribution in [0.5, 0.6) is 0 Å². The van der Waals surface area contributed by atoms with Gasteiger partial charge in [-0.2, -0.15) is 0 Å². The van der Waals surface area contributed by atoms with Crippen LogP contribution in [0.15, 0.2) is 53.4 Å². The summed E-state index contributed by atoms with van der Waals surface area (Å²) in [7, 11) is -3.63. The van der Waals surface area contributed by atoms with Crippen LogP contribution in [0.2, 0.25) is 0 Å². The first-order valence-corrected chi connectivity index (χ1v) is 8.21. The van der Waals surface area contributed by atoms with Crippen molar-refractivity contribution in [2.24, 2.45) is 0 Å². The average Bonchev–Trinajstić information content (AvgIpc) is 2.46. The van der Waals surface area contributed by atoms with Gasteiger partial charge < -0.3 is 0 Å². The quantitative estimate of drug-likeness (QED) is 0.920. The fourth-order valence-electron chi connectivity index (χ4n) is 1.93. The number of hydrogen-bond donors (Lipinski definition) is 1. The molecule has 0 aromatic heterocycles. The number of nitrogens with one attached hydrogen (secondary N) is 1. The topological polar surface area (TPSA) is 46.2 Å². The van der Waals surface area contributed by atoms with E-state index in [0.717, 1.165) is 5.56 Å². The predicted molar refractivity (Wildman–Crippen MR) is 81.0 cm³/mol. The first kappa shape index (κ1) is 15.7. The zero-order valence-corrected chi connectivity index (χ0v) is 12.8. The minimum Gasteiger partial charge on any atom is -0.207 e. The van der Waals surface area contributed by atoms with Gasteiger partial charge in [-0.15, -0.1) is 0 Å². The fraction of sp³-hybridized carbons (Fsp3) is 0.250. The Bertz CT molecular complexity index is 709. The van der Waals surface area contributed by atoms with E-state index in [2.05, 4.69) is 4.72 Å². The van der Waals surface area contributed by atoms with Gasteiger partial charge in [0, 0.05) is 12.1 Å². The van der Waals surface area contributed by atoms with E-state index in [1.54, 1.807) is 42.5 Å². The van der Waals surface area contributed by atoms with Crippen LogP contribution in [0, 0.1) is 5.82 Å². The molecule has 0 aliphatic rings. The van der Waals surface area contributed by atoms with Crippen LogP contribution < -0.4 is 4.72 Å². The van der Waals surface area contributed by atoms with Crippen molar-refractivity contribution in [3.05, 3.63) is 65.5 Å². The van der Waals surface area contributed by atoms with Crippen molar-refractivity contribution in [2.75, 3.05) is 0 Å². The van der Waals surface area contributed by atoms with Crippen molar-refractivity contribution >= 4 is 10.0 Å². The van der Waals surface area contributed by atoms with Gasteiger partial charge in [-0.3, -0.25) is 0 Å². The molecule has 0 amide bonds. The van der Waals surface area contributed by atoms with E-state index in [1.807, 2.05) is 13.8 Å². The maximum atomic E-state index is 13.5. The molecule has 0 saturated carbocycles. The lowest BCUT2D eigenvalue weighted by atomic mass is 10.0. The molecule has 2 aromatic carbocycles. The van der Waals surface area contributed by atoms with Crippen LogP contribution in [0.1, 0.15) is 30.9 Å². The van der Waals surface area contributed by atoms with E-state index in [1.165, 1.54) is 6.07 Å². The van der Waals surface area contributed by atoms with Crippen molar-refractivity contribution in [3.63, 3.8) is 0 Å². The molecule has 2 aromatic rings. The number of benzene rings is 2. The molecule has 112 valence electrons. The van der Waals surface area contributed by atoms with E-state index in [9.17, 15) is 12.8 Å². The van der Waals surface area contributed by atoms with Crippen molar-refractivity contribution in [1.29, 1.82) is 0 Å². The second-order valence-electron chi connectivity index (χ2n) is 5.14. The molecule has 0 radical (unpaired) electrons. The van der Waals surface area contributed by atoms with Gasteiger partial charge in [0.2, 0.25) is 10.0 Å². The van der Waals surface area contributed by atoms with Gasteiger partial charge in [0.1, 0.15) is 5.82 Å². The molecule has 0 aliphatic heterocycles. The molecular formula is C16H18FNO2S. The molecule has 0 fully saturated rings. The lowest BCUT2D eigenvalue weighted by molar-refractivity contribution is 0.574. The van der Waals surface area contributed by atoms with E-state index >= 15 is 0 Å². The zero-order chi connectivity index (χ0) is 15.5. The normalized spacial score (nSPS) is 11.8. The van der Waals surface area contributed by atoms with Crippen molar-refractivity contribution in [1.82, 2.24) is 4.72 Å².